The van der Waals surface area contributed by atoms with Crippen molar-refractivity contribution in [3.8, 4) is 0 Å². The van der Waals surface area contributed by atoms with Crippen LogP contribution in [0.3, 0.4) is 0 Å². The standard InChI is InChI=1S/C14H21N3O/c1-14(2,3)17-10-8-16(9-11-17)13(18)12-6-4-5-7-15-12/h4-7H,8-11H2,1-3H3. The molecule has 1 saturated heterocycles. The van der Waals surface area contributed by atoms with Crippen molar-refractivity contribution in [2.75, 3.05) is 26.2 Å². The number of amides is 1. The Hall–Kier alpha value is -1.42. The van der Waals surface area contributed by atoms with Gasteiger partial charge in [0.05, 0.1) is 0 Å². The quantitative estimate of drug-likeness (QED) is 0.757. The molecule has 4 nitrogen and oxygen atoms in total. The van der Waals surface area contributed by atoms with Crippen LogP contribution in [0.5, 0.6) is 0 Å². The summed E-state index contributed by atoms with van der Waals surface area (Å²) in [5.74, 6) is 0.0455. The van der Waals surface area contributed by atoms with Crippen LogP contribution < -0.4 is 0 Å². The molecule has 1 aromatic rings. The number of carbonyl (C=O) groups excluding carboxylic acids is 1. The van der Waals surface area contributed by atoms with E-state index in [0.717, 1.165) is 26.2 Å². The highest BCUT2D eigenvalue weighted by molar-refractivity contribution is 5.92. The summed E-state index contributed by atoms with van der Waals surface area (Å²) in [6.45, 7) is 10.1. The summed E-state index contributed by atoms with van der Waals surface area (Å²) in [7, 11) is 0. The lowest BCUT2D eigenvalue weighted by Crippen LogP contribution is -2.54. The predicted octanol–water partition coefficient (Wildman–Crippen LogP) is 1.64. The molecule has 2 rings (SSSR count). The molecule has 0 radical (unpaired) electrons. The van der Waals surface area contributed by atoms with Gasteiger partial charge in [0, 0.05) is 37.9 Å². The number of aromatic nitrogens is 1. The summed E-state index contributed by atoms with van der Waals surface area (Å²) in [6.07, 6.45) is 1.67. The van der Waals surface area contributed by atoms with Crippen LogP contribution in [0.15, 0.2) is 24.4 Å². The molecule has 0 aromatic carbocycles. The molecule has 1 aromatic heterocycles. The average Bonchev–Trinajstić information content (AvgIpc) is 2.38. The topological polar surface area (TPSA) is 36.4 Å². The first-order chi connectivity index (χ1) is 8.48. The van der Waals surface area contributed by atoms with Gasteiger partial charge in [-0.3, -0.25) is 14.7 Å². The Bertz CT molecular complexity index is 403. The highest BCUT2D eigenvalue weighted by Crippen LogP contribution is 2.16. The summed E-state index contributed by atoms with van der Waals surface area (Å²) < 4.78 is 0. The molecule has 18 heavy (non-hydrogen) atoms. The molecule has 1 aliphatic heterocycles. The molecule has 0 unspecified atom stereocenters. The summed E-state index contributed by atoms with van der Waals surface area (Å²) in [5, 5.41) is 0. The van der Waals surface area contributed by atoms with Crippen molar-refractivity contribution < 1.29 is 4.79 Å². The second-order valence-electron chi connectivity index (χ2n) is 5.67. The van der Waals surface area contributed by atoms with Gasteiger partial charge in [-0.15, -0.1) is 0 Å². The summed E-state index contributed by atoms with van der Waals surface area (Å²) in [4.78, 5) is 20.6. The number of nitrogens with zero attached hydrogens (tertiary/aromatic N) is 3. The molecule has 2 heterocycles. The summed E-state index contributed by atoms with van der Waals surface area (Å²) in [6, 6.07) is 5.46. The first kappa shape index (κ1) is 13.0. The third kappa shape index (κ3) is 2.88. The lowest BCUT2D eigenvalue weighted by atomic mass is 10.0. The van der Waals surface area contributed by atoms with E-state index in [-0.39, 0.29) is 11.4 Å². The zero-order chi connectivity index (χ0) is 13.2. The van der Waals surface area contributed by atoms with Crippen molar-refractivity contribution >= 4 is 5.91 Å². The fraction of sp³-hybridized carbons (Fsp3) is 0.571. The van der Waals surface area contributed by atoms with Crippen LogP contribution in [-0.4, -0.2) is 52.4 Å². The number of carbonyl (C=O) groups is 1. The first-order valence-electron chi connectivity index (χ1n) is 6.44. The second-order valence-corrected chi connectivity index (χ2v) is 5.67. The number of hydrogen-bond acceptors (Lipinski definition) is 3. The number of piperazine rings is 1. The molecular formula is C14H21N3O. The molecule has 1 amide bonds. The summed E-state index contributed by atoms with van der Waals surface area (Å²) >= 11 is 0. The fourth-order valence-electron chi connectivity index (χ4n) is 2.23. The van der Waals surface area contributed by atoms with Gasteiger partial charge in [0.15, 0.2) is 0 Å². The molecule has 1 aliphatic rings. The van der Waals surface area contributed by atoms with E-state index in [1.165, 1.54) is 0 Å². The molecule has 0 aliphatic carbocycles. The SMILES string of the molecule is CC(C)(C)N1CCN(C(=O)c2ccccn2)CC1. The van der Waals surface area contributed by atoms with Crippen LogP contribution in [0.25, 0.3) is 0 Å². The maximum Gasteiger partial charge on any atom is 0.272 e. The van der Waals surface area contributed by atoms with Crippen LogP contribution in [0, 0.1) is 0 Å². The Labute approximate surface area is 109 Å². The molecule has 98 valence electrons. The van der Waals surface area contributed by atoms with Crippen molar-refractivity contribution in [1.29, 1.82) is 0 Å². The molecule has 1 fully saturated rings. The van der Waals surface area contributed by atoms with Gasteiger partial charge in [-0.1, -0.05) is 6.07 Å². The van der Waals surface area contributed by atoms with Gasteiger partial charge in [-0.25, -0.2) is 0 Å². The average molecular weight is 247 g/mol. The molecule has 4 heteroatoms. The van der Waals surface area contributed by atoms with E-state index in [9.17, 15) is 4.79 Å². The molecular weight excluding hydrogens is 226 g/mol. The highest BCUT2D eigenvalue weighted by atomic mass is 16.2. The maximum absolute atomic E-state index is 12.2. The van der Waals surface area contributed by atoms with E-state index in [4.69, 9.17) is 0 Å². The molecule has 0 bridgehead atoms. The number of pyridine rings is 1. The van der Waals surface area contributed by atoms with Gasteiger partial charge in [-0.05, 0) is 32.9 Å². The van der Waals surface area contributed by atoms with Crippen LogP contribution in [-0.2, 0) is 0 Å². The van der Waals surface area contributed by atoms with Crippen molar-refractivity contribution in [2.45, 2.75) is 26.3 Å². The largest absolute Gasteiger partial charge is 0.335 e. The fourth-order valence-corrected chi connectivity index (χ4v) is 2.23. The lowest BCUT2D eigenvalue weighted by Gasteiger charge is -2.42. The molecule has 0 atom stereocenters. The van der Waals surface area contributed by atoms with E-state index in [2.05, 4.69) is 30.7 Å². The third-order valence-electron chi connectivity index (χ3n) is 3.40. The number of hydrogen-bond donors (Lipinski definition) is 0. The maximum atomic E-state index is 12.2. The van der Waals surface area contributed by atoms with E-state index >= 15 is 0 Å². The monoisotopic (exact) mass is 247 g/mol. The number of rotatable bonds is 1. The Morgan fingerprint density at radius 2 is 1.83 bits per heavy atom. The van der Waals surface area contributed by atoms with Gasteiger partial charge in [-0.2, -0.15) is 0 Å². The Morgan fingerprint density at radius 3 is 2.33 bits per heavy atom. The smallest absolute Gasteiger partial charge is 0.272 e. The minimum atomic E-state index is 0.0455. The first-order valence-corrected chi connectivity index (χ1v) is 6.44. The minimum absolute atomic E-state index is 0.0455. The Morgan fingerprint density at radius 1 is 1.17 bits per heavy atom. The molecule has 0 spiro atoms. The molecule has 0 N–H and O–H groups in total. The van der Waals surface area contributed by atoms with Crippen LogP contribution in [0.2, 0.25) is 0 Å². The van der Waals surface area contributed by atoms with E-state index in [1.807, 2.05) is 17.0 Å². The van der Waals surface area contributed by atoms with Crippen molar-refractivity contribution in [1.82, 2.24) is 14.8 Å². The Kier molecular flexibility index (Phi) is 3.66. The highest BCUT2D eigenvalue weighted by Gasteiger charge is 2.28. The van der Waals surface area contributed by atoms with Crippen LogP contribution >= 0.6 is 0 Å². The zero-order valence-electron chi connectivity index (χ0n) is 11.4. The van der Waals surface area contributed by atoms with Crippen molar-refractivity contribution in [2.24, 2.45) is 0 Å². The van der Waals surface area contributed by atoms with Crippen LogP contribution in [0.1, 0.15) is 31.3 Å². The third-order valence-corrected chi connectivity index (χ3v) is 3.40. The van der Waals surface area contributed by atoms with E-state index in [0.29, 0.717) is 5.69 Å². The van der Waals surface area contributed by atoms with Gasteiger partial charge in [0.25, 0.3) is 5.91 Å². The van der Waals surface area contributed by atoms with Gasteiger partial charge < -0.3 is 4.90 Å². The van der Waals surface area contributed by atoms with Crippen molar-refractivity contribution in [3.63, 3.8) is 0 Å². The normalized spacial score (nSPS) is 17.8. The van der Waals surface area contributed by atoms with Crippen LogP contribution in [0.4, 0.5) is 0 Å². The van der Waals surface area contributed by atoms with E-state index in [1.54, 1.807) is 12.3 Å². The van der Waals surface area contributed by atoms with Gasteiger partial charge in [0.2, 0.25) is 0 Å². The van der Waals surface area contributed by atoms with Gasteiger partial charge >= 0.3 is 0 Å². The minimum Gasteiger partial charge on any atom is -0.335 e. The Balaban J connectivity index is 1.96. The van der Waals surface area contributed by atoms with Crippen molar-refractivity contribution in [3.05, 3.63) is 30.1 Å². The molecule has 0 saturated carbocycles. The van der Waals surface area contributed by atoms with Gasteiger partial charge in [0.1, 0.15) is 5.69 Å². The van der Waals surface area contributed by atoms with E-state index < -0.39 is 0 Å². The zero-order valence-corrected chi connectivity index (χ0v) is 11.4. The lowest BCUT2D eigenvalue weighted by molar-refractivity contribution is 0.0447. The second kappa shape index (κ2) is 5.06. The summed E-state index contributed by atoms with van der Waals surface area (Å²) in [5.41, 5.74) is 0.724. The predicted molar refractivity (Wildman–Crippen MR) is 71.5 cm³/mol.